The van der Waals surface area contributed by atoms with Gasteiger partial charge in [-0.05, 0) is 73.7 Å². The average molecular weight is 612 g/mol. The van der Waals surface area contributed by atoms with Gasteiger partial charge in [0.05, 0.1) is 21.9 Å². The van der Waals surface area contributed by atoms with Crippen LogP contribution in [0.5, 0.6) is 11.6 Å². The van der Waals surface area contributed by atoms with Gasteiger partial charge >= 0.3 is 0 Å². The summed E-state index contributed by atoms with van der Waals surface area (Å²) in [5, 5.41) is 21.1. The monoisotopic (exact) mass is 610 g/mol. The highest BCUT2D eigenvalue weighted by molar-refractivity contribution is 6.35. The summed E-state index contributed by atoms with van der Waals surface area (Å²) in [6.45, 7) is 1.17. The van der Waals surface area contributed by atoms with E-state index in [-0.39, 0.29) is 11.6 Å². The third-order valence-electron chi connectivity index (χ3n) is 7.64. The lowest BCUT2D eigenvalue weighted by atomic mass is 9.84. The first-order valence-electron chi connectivity index (χ1n) is 13.6. The third kappa shape index (κ3) is 6.10. The van der Waals surface area contributed by atoms with Crippen LogP contribution in [0.1, 0.15) is 47.3 Å². The summed E-state index contributed by atoms with van der Waals surface area (Å²) in [4.78, 5) is 15.8. The maximum absolute atomic E-state index is 14.1. The highest BCUT2D eigenvalue weighted by Gasteiger charge is 2.38. The average Bonchev–Trinajstić information content (AvgIpc) is 3.75. The van der Waals surface area contributed by atoms with Crippen molar-refractivity contribution in [2.45, 2.75) is 43.9 Å². The maximum Gasteiger partial charge on any atom is 0.274 e. The molecule has 0 bridgehead atoms. The fourth-order valence-electron chi connectivity index (χ4n) is 5.10. The molecule has 3 aromatic carbocycles. The van der Waals surface area contributed by atoms with Gasteiger partial charge in [-0.2, -0.15) is 9.78 Å². The van der Waals surface area contributed by atoms with Crippen molar-refractivity contribution in [2.75, 3.05) is 13.1 Å². The van der Waals surface area contributed by atoms with Gasteiger partial charge in [0.2, 0.25) is 5.88 Å². The number of aliphatic hydroxyl groups is 1. The zero-order valence-electron chi connectivity index (χ0n) is 22.2. The van der Waals surface area contributed by atoms with E-state index in [9.17, 15) is 9.90 Å². The Morgan fingerprint density at radius 2 is 1.66 bits per heavy atom. The summed E-state index contributed by atoms with van der Waals surface area (Å²) in [5.74, 6) is 0.696. The van der Waals surface area contributed by atoms with Crippen molar-refractivity contribution in [3.05, 3.63) is 105 Å². The number of ether oxygens (including phenoxy) is 1. The summed E-state index contributed by atoms with van der Waals surface area (Å²) in [7, 11) is 0. The van der Waals surface area contributed by atoms with Crippen molar-refractivity contribution < 1.29 is 14.6 Å². The third-order valence-corrected chi connectivity index (χ3v) is 8.43. The summed E-state index contributed by atoms with van der Waals surface area (Å²) in [6.07, 6.45) is 3.02. The number of rotatable bonds is 8. The molecule has 2 heterocycles. The summed E-state index contributed by atoms with van der Waals surface area (Å²) in [6, 6.07) is 22.1. The first-order chi connectivity index (χ1) is 19.8. The molecule has 212 valence electrons. The van der Waals surface area contributed by atoms with Crippen LogP contribution in [0.15, 0.2) is 72.8 Å². The van der Waals surface area contributed by atoms with Crippen LogP contribution in [0.2, 0.25) is 15.1 Å². The number of carbonyl (C=O) groups is 1. The van der Waals surface area contributed by atoms with E-state index in [4.69, 9.17) is 44.6 Å². The number of nitrogens with zero attached hydrogens (tertiary/aromatic N) is 3. The number of benzene rings is 3. The van der Waals surface area contributed by atoms with Crippen LogP contribution in [0.25, 0.3) is 5.69 Å². The number of hydrogen-bond acceptors (Lipinski definition) is 5. The molecule has 0 atom stereocenters. The van der Waals surface area contributed by atoms with Crippen LogP contribution in [0.3, 0.4) is 0 Å². The number of hydrogen-bond donors (Lipinski definition) is 2. The first-order valence-corrected chi connectivity index (χ1v) is 14.8. The highest BCUT2D eigenvalue weighted by atomic mass is 35.5. The topological polar surface area (TPSA) is 79.6 Å². The highest BCUT2D eigenvalue weighted by Crippen LogP contribution is 2.37. The van der Waals surface area contributed by atoms with Gasteiger partial charge in [0.15, 0.2) is 5.69 Å². The zero-order chi connectivity index (χ0) is 28.6. The second-order valence-electron chi connectivity index (χ2n) is 10.5. The normalized spacial score (nSPS) is 16.5. The van der Waals surface area contributed by atoms with Crippen LogP contribution in [0, 0.1) is 0 Å². The Morgan fingerprint density at radius 3 is 2.32 bits per heavy atom. The van der Waals surface area contributed by atoms with E-state index in [1.807, 2.05) is 30.3 Å². The molecule has 2 N–H and O–H groups in total. The molecule has 41 heavy (non-hydrogen) atoms. The zero-order valence-corrected chi connectivity index (χ0v) is 24.5. The second kappa shape index (κ2) is 11.7. The molecule has 1 aliphatic carbocycles. The molecular weight excluding hydrogens is 583 g/mol. The molecule has 1 amide bonds. The minimum absolute atomic E-state index is 0.225. The fraction of sp³-hybridized carbons (Fsp3) is 0.290. The van der Waals surface area contributed by atoms with E-state index < -0.39 is 5.60 Å². The van der Waals surface area contributed by atoms with E-state index in [0.29, 0.717) is 76.5 Å². The molecule has 4 aromatic rings. The molecular formula is C31H29Cl3N4O3. The summed E-state index contributed by atoms with van der Waals surface area (Å²) < 4.78 is 7.96. The Kier molecular flexibility index (Phi) is 7.99. The summed E-state index contributed by atoms with van der Waals surface area (Å²) >= 11 is 18.9. The van der Waals surface area contributed by atoms with Gasteiger partial charge < -0.3 is 20.1 Å². The molecule has 0 unspecified atom stereocenters. The maximum atomic E-state index is 14.1. The van der Waals surface area contributed by atoms with E-state index in [1.165, 1.54) is 0 Å². The molecule has 10 heteroatoms. The second-order valence-corrected chi connectivity index (χ2v) is 11.8. The lowest BCUT2D eigenvalue weighted by molar-refractivity contribution is -0.0213. The molecule has 7 nitrogen and oxygen atoms in total. The molecule has 1 aliphatic heterocycles. The van der Waals surface area contributed by atoms with Gasteiger partial charge in [-0.15, -0.1) is 0 Å². The van der Waals surface area contributed by atoms with Crippen LogP contribution >= 0.6 is 34.8 Å². The van der Waals surface area contributed by atoms with Gasteiger partial charge in [0.1, 0.15) is 5.75 Å². The molecule has 0 spiro atoms. The van der Waals surface area contributed by atoms with E-state index in [0.717, 1.165) is 18.4 Å². The van der Waals surface area contributed by atoms with Crippen LogP contribution < -0.4 is 10.1 Å². The smallest absolute Gasteiger partial charge is 0.274 e. The Hall–Kier alpha value is -3.07. The van der Waals surface area contributed by atoms with Crippen LogP contribution in [-0.2, 0) is 12.1 Å². The molecule has 1 saturated heterocycles. The standard InChI is InChI=1S/C31H29Cl3N4O3/c32-21-6-11-24(12-7-21)41-30-25(19-35-23-9-10-23)28(36-38(30)27-13-8-22(33)18-26(27)34)29(39)37-16-14-31(40,15-17-37)20-4-2-1-3-5-20/h1-8,11-13,18,23,35,40H,9-10,14-17,19H2. The lowest BCUT2D eigenvalue weighted by Gasteiger charge is -2.38. The van der Waals surface area contributed by atoms with Gasteiger partial charge in [0, 0.05) is 35.7 Å². The number of nitrogens with one attached hydrogen (secondary N) is 1. The quantitative estimate of drug-likeness (QED) is 0.224. The van der Waals surface area contributed by atoms with Crippen LogP contribution in [-0.4, -0.2) is 44.8 Å². The Balaban J connectivity index is 1.37. The van der Waals surface area contributed by atoms with Crippen LogP contribution in [0.4, 0.5) is 0 Å². The molecule has 1 aromatic heterocycles. The number of amides is 1. The summed E-state index contributed by atoms with van der Waals surface area (Å²) in [5.41, 5.74) is 1.32. The Morgan fingerprint density at radius 1 is 0.976 bits per heavy atom. The van der Waals surface area contributed by atoms with Crippen molar-refractivity contribution in [2.24, 2.45) is 0 Å². The van der Waals surface area contributed by atoms with Crippen molar-refractivity contribution in [1.82, 2.24) is 20.0 Å². The fourth-order valence-corrected chi connectivity index (χ4v) is 5.72. The van der Waals surface area contributed by atoms with Crippen molar-refractivity contribution in [3.63, 3.8) is 0 Å². The van der Waals surface area contributed by atoms with Gasteiger partial charge in [-0.1, -0.05) is 65.1 Å². The van der Waals surface area contributed by atoms with Crippen molar-refractivity contribution in [3.8, 4) is 17.3 Å². The minimum Gasteiger partial charge on any atom is -0.439 e. The van der Waals surface area contributed by atoms with Crippen molar-refractivity contribution >= 4 is 40.7 Å². The largest absolute Gasteiger partial charge is 0.439 e. The Bertz CT molecular complexity index is 1550. The number of halogens is 3. The van der Waals surface area contributed by atoms with E-state index >= 15 is 0 Å². The number of aromatic nitrogens is 2. The SMILES string of the molecule is O=C(c1nn(-c2ccc(Cl)cc2Cl)c(Oc2ccc(Cl)cc2)c1CNC1CC1)N1CCC(O)(c2ccccc2)CC1. The van der Waals surface area contributed by atoms with Gasteiger partial charge in [0.25, 0.3) is 5.91 Å². The molecule has 2 aliphatic rings. The Labute approximate surface area is 253 Å². The molecule has 1 saturated carbocycles. The van der Waals surface area contributed by atoms with Gasteiger partial charge in [-0.3, -0.25) is 4.79 Å². The van der Waals surface area contributed by atoms with E-state index in [1.54, 1.807) is 52.0 Å². The predicted molar refractivity (Wildman–Crippen MR) is 160 cm³/mol. The van der Waals surface area contributed by atoms with Gasteiger partial charge in [-0.25, -0.2) is 0 Å². The van der Waals surface area contributed by atoms with Crippen molar-refractivity contribution in [1.29, 1.82) is 0 Å². The molecule has 6 rings (SSSR count). The predicted octanol–water partition coefficient (Wildman–Crippen LogP) is 7.00. The molecule has 0 radical (unpaired) electrons. The van der Waals surface area contributed by atoms with E-state index in [2.05, 4.69) is 5.32 Å². The number of carbonyl (C=O) groups excluding carboxylic acids is 1. The molecule has 2 fully saturated rings. The minimum atomic E-state index is -0.979. The first kappa shape index (κ1) is 28.1. The number of likely N-dealkylation sites (tertiary alicyclic amines) is 1. The lowest BCUT2D eigenvalue weighted by Crippen LogP contribution is -2.45. The number of piperidine rings is 1.